The number of rotatable bonds is 7. The summed E-state index contributed by atoms with van der Waals surface area (Å²) in [7, 11) is -2.07. The predicted octanol–water partition coefficient (Wildman–Crippen LogP) is 4.14. The predicted molar refractivity (Wildman–Crippen MR) is 147 cm³/mol. The lowest BCUT2D eigenvalue weighted by Gasteiger charge is -2.29. The molecule has 4 aromatic rings. The van der Waals surface area contributed by atoms with Crippen LogP contribution >= 0.6 is 12.2 Å². The minimum Gasteiger partial charge on any atom is -0.508 e. The van der Waals surface area contributed by atoms with Crippen LogP contribution < -0.4 is 19.7 Å². The standard InChI is InChI=1S/C26H25N5O4S2/c1-35-23-13-10-18(16-21(23)29-37(2,33)34)31-25(24(28-26(31)36)20-6-3-4-14-27-20)22-7-5-15-30(22)17-8-11-19(32)12-9-17/h3-16,24-25,29,32H,1-2H3,(H,28,36)/t24-,25+/m1/s1. The van der Waals surface area contributed by atoms with E-state index in [2.05, 4.69) is 15.0 Å². The molecule has 1 aliphatic rings. The van der Waals surface area contributed by atoms with Crippen LogP contribution in [-0.4, -0.2) is 41.6 Å². The zero-order chi connectivity index (χ0) is 26.2. The molecular weight excluding hydrogens is 510 g/mol. The quantitative estimate of drug-likeness (QED) is 0.303. The van der Waals surface area contributed by atoms with Crippen LogP contribution in [0.4, 0.5) is 11.4 Å². The van der Waals surface area contributed by atoms with Crippen LogP contribution in [0.15, 0.2) is 85.2 Å². The van der Waals surface area contributed by atoms with Gasteiger partial charge in [-0.05, 0) is 78.9 Å². The number of sulfonamides is 1. The number of nitrogens with one attached hydrogen (secondary N) is 2. The molecule has 0 amide bonds. The number of hydrogen-bond acceptors (Lipinski definition) is 6. The molecule has 0 bridgehead atoms. The number of nitrogens with zero attached hydrogens (tertiary/aromatic N) is 3. The molecule has 1 saturated heterocycles. The highest BCUT2D eigenvalue weighted by atomic mass is 32.2. The van der Waals surface area contributed by atoms with Gasteiger partial charge < -0.3 is 24.6 Å². The highest BCUT2D eigenvalue weighted by Gasteiger charge is 2.42. The molecule has 0 radical (unpaired) electrons. The number of phenolic OH excluding ortho intramolecular Hbond substituents is 1. The molecule has 9 nitrogen and oxygen atoms in total. The molecule has 5 rings (SSSR count). The second kappa shape index (κ2) is 9.75. The van der Waals surface area contributed by atoms with Gasteiger partial charge >= 0.3 is 0 Å². The Morgan fingerprint density at radius 3 is 2.49 bits per heavy atom. The van der Waals surface area contributed by atoms with Crippen molar-refractivity contribution in [3.05, 3.63) is 96.6 Å². The van der Waals surface area contributed by atoms with Crippen LogP contribution in [0.1, 0.15) is 23.5 Å². The summed E-state index contributed by atoms with van der Waals surface area (Å²) in [5, 5.41) is 13.7. The molecular formula is C26H25N5O4S2. The average molecular weight is 536 g/mol. The topological polar surface area (TPSA) is 109 Å². The zero-order valence-corrected chi connectivity index (χ0v) is 21.7. The molecule has 11 heteroatoms. The van der Waals surface area contributed by atoms with Gasteiger partial charge in [0.25, 0.3) is 0 Å². The zero-order valence-electron chi connectivity index (χ0n) is 20.1. The van der Waals surface area contributed by atoms with E-state index in [-0.39, 0.29) is 17.8 Å². The van der Waals surface area contributed by atoms with Gasteiger partial charge in [0.2, 0.25) is 10.0 Å². The molecule has 0 unspecified atom stereocenters. The number of methoxy groups -OCH3 is 1. The van der Waals surface area contributed by atoms with Gasteiger partial charge in [0.1, 0.15) is 17.5 Å². The van der Waals surface area contributed by atoms with Gasteiger partial charge in [-0.2, -0.15) is 0 Å². The number of pyridine rings is 1. The van der Waals surface area contributed by atoms with E-state index in [4.69, 9.17) is 17.0 Å². The summed E-state index contributed by atoms with van der Waals surface area (Å²) in [6, 6.07) is 21.2. The molecule has 190 valence electrons. The second-order valence-corrected chi connectivity index (χ2v) is 10.7. The van der Waals surface area contributed by atoms with Crippen molar-refractivity contribution >= 4 is 38.7 Å². The molecule has 3 N–H and O–H groups in total. The molecule has 37 heavy (non-hydrogen) atoms. The van der Waals surface area contributed by atoms with Crippen molar-refractivity contribution in [1.82, 2.24) is 14.9 Å². The number of aromatic hydroxyl groups is 1. The summed E-state index contributed by atoms with van der Waals surface area (Å²) in [6.07, 6.45) is 4.77. The van der Waals surface area contributed by atoms with Gasteiger partial charge in [-0.25, -0.2) is 8.42 Å². The van der Waals surface area contributed by atoms with Gasteiger partial charge in [-0.1, -0.05) is 6.07 Å². The third-order valence-corrected chi connectivity index (χ3v) is 6.97. The van der Waals surface area contributed by atoms with E-state index in [1.54, 1.807) is 30.5 Å². The highest BCUT2D eigenvalue weighted by molar-refractivity contribution is 7.92. The lowest BCUT2D eigenvalue weighted by molar-refractivity contribution is 0.417. The Bertz CT molecular complexity index is 1540. The van der Waals surface area contributed by atoms with Crippen molar-refractivity contribution in [2.45, 2.75) is 12.1 Å². The van der Waals surface area contributed by atoms with E-state index in [1.807, 2.05) is 64.2 Å². The maximum absolute atomic E-state index is 12.0. The largest absolute Gasteiger partial charge is 0.508 e. The number of thiocarbonyl (C=S) groups is 1. The van der Waals surface area contributed by atoms with Crippen LogP contribution in [0.5, 0.6) is 11.5 Å². The number of ether oxygens (including phenoxy) is 1. The minimum atomic E-state index is -3.55. The average Bonchev–Trinajstić information content (AvgIpc) is 3.48. The molecule has 0 saturated carbocycles. The first kappa shape index (κ1) is 24.6. The van der Waals surface area contributed by atoms with Gasteiger partial charge in [0, 0.05) is 29.5 Å². The van der Waals surface area contributed by atoms with Crippen molar-refractivity contribution in [3.63, 3.8) is 0 Å². The van der Waals surface area contributed by atoms with Crippen LogP contribution in [0.2, 0.25) is 0 Å². The third kappa shape index (κ3) is 4.95. The maximum atomic E-state index is 12.0. The Morgan fingerprint density at radius 1 is 1.05 bits per heavy atom. The van der Waals surface area contributed by atoms with Crippen molar-refractivity contribution < 1.29 is 18.3 Å². The normalized spacial score (nSPS) is 17.5. The van der Waals surface area contributed by atoms with E-state index in [1.165, 1.54) is 7.11 Å². The van der Waals surface area contributed by atoms with Crippen molar-refractivity contribution in [2.75, 3.05) is 23.0 Å². The Kier molecular flexibility index (Phi) is 6.48. The molecule has 2 atom stereocenters. The highest BCUT2D eigenvalue weighted by Crippen LogP contribution is 2.44. The monoisotopic (exact) mass is 535 g/mol. The summed E-state index contributed by atoms with van der Waals surface area (Å²) in [6.45, 7) is 0. The second-order valence-electron chi connectivity index (χ2n) is 8.57. The summed E-state index contributed by atoms with van der Waals surface area (Å²) in [4.78, 5) is 6.54. The summed E-state index contributed by atoms with van der Waals surface area (Å²) in [5.41, 5.74) is 3.57. The first-order valence-corrected chi connectivity index (χ1v) is 13.7. The first-order valence-electron chi connectivity index (χ1n) is 11.4. The minimum absolute atomic E-state index is 0.179. The molecule has 1 aliphatic heterocycles. The van der Waals surface area contributed by atoms with Crippen molar-refractivity contribution in [3.8, 4) is 17.2 Å². The van der Waals surface area contributed by atoms with E-state index in [9.17, 15) is 13.5 Å². The lowest BCUT2D eigenvalue weighted by Crippen LogP contribution is -2.30. The molecule has 2 aromatic heterocycles. The van der Waals surface area contributed by atoms with Gasteiger partial charge in [0.05, 0.1) is 30.8 Å². The smallest absolute Gasteiger partial charge is 0.229 e. The van der Waals surface area contributed by atoms with Crippen molar-refractivity contribution in [1.29, 1.82) is 0 Å². The Hall–Kier alpha value is -4.09. The number of anilines is 2. The first-order chi connectivity index (χ1) is 17.7. The van der Waals surface area contributed by atoms with E-state index in [0.29, 0.717) is 22.2 Å². The number of benzene rings is 2. The van der Waals surface area contributed by atoms with E-state index in [0.717, 1.165) is 23.3 Å². The third-order valence-electron chi connectivity index (χ3n) is 6.07. The molecule has 2 aromatic carbocycles. The Balaban J connectivity index is 1.66. The fraction of sp³-hybridized carbons (Fsp3) is 0.154. The molecule has 1 fully saturated rings. The number of phenols is 1. The van der Waals surface area contributed by atoms with Crippen LogP contribution in [0.3, 0.4) is 0 Å². The fourth-order valence-corrected chi connectivity index (χ4v) is 5.45. The molecule has 0 aliphatic carbocycles. The van der Waals surface area contributed by atoms with Gasteiger partial charge in [0.15, 0.2) is 5.11 Å². The number of aromatic nitrogens is 2. The van der Waals surface area contributed by atoms with E-state index < -0.39 is 10.0 Å². The number of hydrogen-bond donors (Lipinski definition) is 3. The molecule has 0 spiro atoms. The fourth-order valence-electron chi connectivity index (χ4n) is 4.54. The maximum Gasteiger partial charge on any atom is 0.229 e. The van der Waals surface area contributed by atoms with Crippen LogP contribution in [-0.2, 0) is 10.0 Å². The Labute approximate surface area is 220 Å². The van der Waals surface area contributed by atoms with Crippen LogP contribution in [0, 0.1) is 0 Å². The van der Waals surface area contributed by atoms with E-state index >= 15 is 0 Å². The van der Waals surface area contributed by atoms with Gasteiger partial charge in [-0.15, -0.1) is 0 Å². The Morgan fingerprint density at radius 2 is 1.81 bits per heavy atom. The van der Waals surface area contributed by atoms with Crippen LogP contribution in [0.25, 0.3) is 5.69 Å². The van der Waals surface area contributed by atoms with Gasteiger partial charge in [-0.3, -0.25) is 9.71 Å². The summed E-state index contributed by atoms with van der Waals surface area (Å²) >= 11 is 5.82. The summed E-state index contributed by atoms with van der Waals surface area (Å²) in [5.74, 6) is 0.566. The molecule has 3 heterocycles. The van der Waals surface area contributed by atoms with Crippen molar-refractivity contribution in [2.24, 2.45) is 0 Å². The SMILES string of the molecule is COc1ccc(N2C(=S)N[C@H](c3ccccn3)[C@@H]2c2cccn2-c2ccc(O)cc2)cc1NS(C)(=O)=O. The lowest BCUT2D eigenvalue weighted by atomic mass is 10.0. The summed E-state index contributed by atoms with van der Waals surface area (Å²) < 4.78 is 34.0.